The maximum atomic E-state index is 12.6. The number of benzene rings is 1. The molecular weight excluding hydrogens is 330 g/mol. The van der Waals surface area contributed by atoms with Gasteiger partial charge in [0, 0.05) is 35.4 Å². The van der Waals surface area contributed by atoms with Crippen LogP contribution in [-0.4, -0.2) is 58.2 Å². The number of likely N-dealkylation sites (N-methyl/N-ethyl adjacent to an activating group) is 2. The van der Waals surface area contributed by atoms with Gasteiger partial charge in [0.1, 0.15) is 0 Å². The van der Waals surface area contributed by atoms with E-state index in [2.05, 4.69) is 4.98 Å². The highest BCUT2D eigenvalue weighted by molar-refractivity contribution is 7.84. The number of nitrogens with zero attached hydrogens (tertiary/aromatic N) is 3. The average molecular weight is 354 g/mol. The maximum Gasteiger partial charge on any atom is 0.242 e. The van der Waals surface area contributed by atoms with Gasteiger partial charge in [0.05, 0.1) is 16.8 Å². The van der Waals surface area contributed by atoms with Crippen molar-refractivity contribution >= 4 is 43.4 Å². The predicted octanol–water partition coefficient (Wildman–Crippen LogP) is 2.35. The minimum Gasteiger partial charge on any atom is -0.294 e. The first-order chi connectivity index (χ1) is 10.9. The minimum absolute atomic E-state index is 0.0165. The van der Waals surface area contributed by atoms with Gasteiger partial charge >= 0.3 is 0 Å². The molecule has 0 radical (unpaired) electrons. The number of hydrogen-bond donors (Lipinski definition) is 0. The second-order valence-electron chi connectivity index (χ2n) is 5.61. The fourth-order valence-corrected chi connectivity index (χ4v) is 4.30. The summed E-state index contributed by atoms with van der Waals surface area (Å²) >= 11 is 1.53. The number of aromatic nitrogens is 1. The highest BCUT2D eigenvalue weighted by Crippen LogP contribution is 2.28. The molecule has 7 heteroatoms. The Morgan fingerprint density at radius 1 is 1.39 bits per heavy atom. The molecule has 1 aromatic carbocycles. The van der Waals surface area contributed by atoms with Gasteiger partial charge in [0.15, 0.2) is 5.13 Å². The van der Waals surface area contributed by atoms with Crippen molar-refractivity contribution in [3.05, 3.63) is 24.3 Å². The van der Waals surface area contributed by atoms with E-state index < -0.39 is 10.8 Å². The van der Waals surface area contributed by atoms with Gasteiger partial charge in [0.2, 0.25) is 5.91 Å². The fourth-order valence-electron chi connectivity index (χ4n) is 2.32. The Morgan fingerprint density at radius 3 is 2.70 bits per heavy atom. The molecule has 1 aromatic heterocycles. The molecule has 2 unspecified atom stereocenters. The highest BCUT2D eigenvalue weighted by Gasteiger charge is 2.21. The number of amides is 1. The Labute approximate surface area is 143 Å². The van der Waals surface area contributed by atoms with Crippen LogP contribution in [0.3, 0.4) is 0 Å². The number of thiazole rings is 1. The monoisotopic (exact) mass is 353 g/mol. The zero-order valence-corrected chi connectivity index (χ0v) is 15.6. The summed E-state index contributed by atoms with van der Waals surface area (Å²) in [5.41, 5.74) is 0.918. The lowest BCUT2D eigenvalue weighted by atomic mass is 10.3. The molecule has 5 nitrogen and oxygen atoms in total. The fraction of sp³-hybridized carbons (Fsp3) is 0.500. The van der Waals surface area contributed by atoms with Crippen molar-refractivity contribution in [3.63, 3.8) is 0 Å². The largest absolute Gasteiger partial charge is 0.294 e. The molecule has 0 N–H and O–H groups in total. The third-order valence-electron chi connectivity index (χ3n) is 3.74. The Morgan fingerprint density at radius 2 is 2.09 bits per heavy atom. The minimum atomic E-state index is -0.867. The van der Waals surface area contributed by atoms with Crippen molar-refractivity contribution < 1.29 is 9.00 Å². The molecule has 0 aliphatic rings. The smallest absolute Gasteiger partial charge is 0.242 e. The first-order valence-corrected chi connectivity index (χ1v) is 10.1. The Balaban J connectivity index is 2.10. The molecule has 2 aromatic rings. The van der Waals surface area contributed by atoms with E-state index in [1.54, 1.807) is 11.2 Å². The van der Waals surface area contributed by atoms with Crippen LogP contribution in [0.1, 0.15) is 13.8 Å². The molecule has 0 aliphatic carbocycles. The van der Waals surface area contributed by atoms with Crippen molar-refractivity contribution in [3.8, 4) is 0 Å². The van der Waals surface area contributed by atoms with Gasteiger partial charge in [-0.15, -0.1) is 0 Å². The van der Waals surface area contributed by atoms with Crippen molar-refractivity contribution in [1.29, 1.82) is 0 Å². The van der Waals surface area contributed by atoms with Gasteiger partial charge in [-0.1, -0.05) is 23.5 Å². The molecule has 1 amide bonds. The number of rotatable bonds is 7. The third kappa shape index (κ3) is 4.59. The molecule has 1 heterocycles. The van der Waals surface area contributed by atoms with E-state index in [-0.39, 0.29) is 11.9 Å². The lowest BCUT2D eigenvalue weighted by Crippen LogP contribution is -2.43. The highest BCUT2D eigenvalue weighted by atomic mass is 32.2. The summed E-state index contributed by atoms with van der Waals surface area (Å²) in [7, 11) is 1.02. The van der Waals surface area contributed by atoms with Crippen LogP contribution in [0.5, 0.6) is 0 Å². The number of carbonyl (C=O) groups is 1. The molecule has 0 fully saturated rings. The number of fused-ring (bicyclic) bond motifs is 1. The van der Waals surface area contributed by atoms with E-state index >= 15 is 0 Å². The number of para-hydroxylation sites is 1. The second-order valence-corrected chi connectivity index (χ2v) is 8.09. The second kappa shape index (κ2) is 7.99. The van der Waals surface area contributed by atoms with Crippen LogP contribution in [0.2, 0.25) is 0 Å². The van der Waals surface area contributed by atoms with Gasteiger partial charge in [0.25, 0.3) is 0 Å². The molecule has 0 aliphatic heterocycles. The number of hydrogen-bond acceptors (Lipinski definition) is 5. The molecule has 0 saturated carbocycles. The first kappa shape index (κ1) is 18.0. The summed E-state index contributed by atoms with van der Waals surface area (Å²) < 4.78 is 12.4. The van der Waals surface area contributed by atoms with Crippen LogP contribution >= 0.6 is 11.3 Å². The summed E-state index contributed by atoms with van der Waals surface area (Å²) in [5.74, 6) is 0.583. The van der Waals surface area contributed by atoms with E-state index in [0.717, 1.165) is 15.3 Å². The molecule has 126 valence electrons. The van der Waals surface area contributed by atoms with E-state index in [1.807, 2.05) is 50.1 Å². The Bertz CT molecular complexity index is 668. The number of carbonyl (C=O) groups excluding carboxylic acids is 1. The SMILES string of the molecule is CCN(C(=O)CN(C)C(C)CS(C)=O)c1nc2ccccc2s1. The molecular formula is C16H23N3O2S2. The normalized spacial score (nSPS) is 14.1. The summed E-state index contributed by atoms with van der Waals surface area (Å²) in [6.07, 6.45) is 1.69. The van der Waals surface area contributed by atoms with Crippen molar-refractivity contribution in [1.82, 2.24) is 9.88 Å². The standard InChI is InChI=1S/C16H23N3O2S2/c1-5-19(15(20)10-18(3)12(2)11-23(4)21)16-17-13-8-6-7-9-14(13)22-16/h6-9,12H,5,10-11H2,1-4H3. The van der Waals surface area contributed by atoms with Crippen LogP contribution in [0.4, 0.5) is 5.13 Å². The third-order valence-corrected chi connectivity index (χ3v) is 5.76. The predicted molar refractivity (Wildman–Crippen MR) is 98.7 cm³/mol. The van der Waals surface area contributed by atoms with E-state index in [0.29, 0.717) is 18.8 Å². The topological polar surface area (TPSA) is 53.5 Å². The molecule has 2 atom stereocenters. The summed E-state index contributed by atoms with van der Waals surface area (Å²) in [6, 6.07) is 7.99. The Hall–Kier alpha value is -1.31. The average Bonchev–Trinajstić information content (AvgIpc) is 2.90. The molecule has 23 heavy (non-hydrogen) atoms. The quantitative estimate of drug-likeness (QED) is 0.767. The van der Waals surface area contributed by atoms with Crippen LogP contribution < -0.4 is 4.90 Å². The number of anilines is 1. The zero-order chi connectivity index (χ0) is 17.0. The summed E-state index contributed by atoms with van der Waals surface area (Å²) in [6.45, 7) is 4.82. The van der Waals surface area contributed by atoms with Crippen molar-refractivity contribution in [2.75, 3.05) is 37.0 Å². The van der Waals surface area contributed by atoms with Gasteiger partial charge < -0.3 is 0 Å². The van der Waals surface area contributed by atoms with Crippen LogP contribution in [0.15, 0.2) is 24.3 Å². The first-order valence-electron chi connectivity index (χ1n) is 7.58. The van der Waals surface area contributed by atoms with Crippen molar-refractivity contribution in [2.45, 2.75) is 19.9 Å². The summed E-state index contributed by atoms with van der Waals surface area (Å²) in [4.78, 5) is 20.9. The van der Waals surface area contributed by atoms with Crippen LogP contribution in [0.25, 0.3) is 10.2 Å². The molecule has 0 saturated heterocycles. The zero-order valence-electron chi connectivity index (χ0n) is 14.0. The Kier molecular flexibility index (Phi) is 6.26. The van der Waals surface area contributed by atoms with E-state index in [9.17, 15) is 9.00 Å². The lowest BCUT2D eigenvalue weighted by molar-refractivity contribution is -0.119. The summed E-state index contributed by atoms with van der Waals surface area (Å²) in [5, 5.41) is 0.735. The molecule has 0 bridgehead atoms. The van der Waals surface area contributed by atoms with Gasteiger partial charge in [-0.3, -0.25) is 18.8 Å². The van der Waals surface area contributed by atoms with E-state index in [1.165, 1.54) is 11.3 Å². The van der Waals surface area contributed by atoms with Gasteiger partial charge in [-0.05, 0) is 33.0 Å². The lowest BCUT2D eigenvalue weighted by Gasteiger charge is -2.26. The van der Waals surface area contributed by atoms with Crippen LogP contribution in [0, 0.1) is 0 Å². The van der Waals surface area contributed by atoms with Gasteiger partial charge in [-0.2, -0.15) is 0 Å². The van der Waals surface area contributed by atoms with E-state index in [4.69, 9.17) is 0 Å². The van der Waals surface area contributed by atoms with Gasteiger partial charge in [-0.25, -0.2) is 4.98 Å². The van der Waals surface area contributed by atoms with Crippen molar-refractivity contribution in [2.24, 2.45) is 0 Å². The van der Waals surface area contributed by atoms with Crippen LogP contribution in [-0.2, 0) is 15.6 Å². The maximum absolute atomic E-state index is 12.6. The molecule has 0 spiro atoms. The molecule has 2 rings (SSSR count).